The van der Waals surface area contributed by atoms with Gasteiger partial charge < -0.3 is 19.1 Å². The minimum atomic E-state index is -0.196. The molecule has 0 radical (unpaired) electrons. The summed E-state index contributed by atoms with van der Waals surface area (Å²) in [5, 5.41) is 4.49. The minimum Gasteiger partial charge on any atom is -0.497 e. The zero-order valence-corrected chi connectivity index (χ0v) is 17.7. The first-order chi connectivity index (χ1) is 15.0. The van der Waals surface area contributed by atoms with Crippen LogP contribution in [0.5, 0.6) is 5.75 Å². The lowest BCUT2D eigenvalue weighted by atomic mass is 10.1. The summed E-state index contributed by atoms with van der Waals surface area (Å²) in [6.07, 6.45) is 3.60. The Balaban J connectivity index is 1.46. The molecule has 0 N–H and O–H groups in total. The predicted molar refractivity (Wildman–Crippen MR) is 115 cm³/mol. The molecule has 2 aromatic heterocycles. The van der Waals surface area contributed by atoms with Crippen LogP contribution in [0.2, 0.25) is 0 Å². The third-order valence-electron chi connectivity index (χ3n) is 5.61. The number of piperazine rings is 1. The Bertz CT molecular complexity index is 1170. The van der Waals surface area contributed by atoms with Gasteiger partial charge in [-0.25, -0.2) is 4.52 Å². The van der Waals surface area contributed by atoms with Gasteiger partial charge in [0.2, 0.25) is 11.8 Å². The fourth-order valence-corrected chi connectivity index (χ4v) is 3.77. The lowest BCUT2D eigenvalue weighted by Crippen LogP contribution is -2.50. The molecule has 3 heterocycles. The molecule has 3 aromatic rings. The van der Waals surface area contributed by atoms with Crippen molar-refractivity contribution in [1.82, 2.24) is 24.0 Å². The average Bonchev–Trinajstić information content (AvgIpc) is 3.24. The number of fused-ring (bicyclic) bond motifs is 1. The third kappa shape index (κ3) is 4.30. The predicted octanol–water partition coefficient (Wildman–Crippen LogP) is 1.25. The van der Waals surface area contributed by atoms with E-state index in [-0.39, 0.29) is 23.8 Å². The maximum Gasteiger partial charge on any atom is 0.276 e. The van der Waals surface area contributed by atoms with Crippen LogP contribution in [0.25, 0.3) is 16.8 Å². The minimum absolute atomic E-state index is 0.0134. The van der Waals surface area contributed by atoms with E-state index in [9.17, 15) is 14.4 Å². The monoisotopic (exact) mass is 423 g/mol. The lowest BCUT2D eigenvalue weighted by molar-refractivity contribution is -0.138. The zero-order valence-electron chi connectivity index (χ0n) is 17.7. The molecule has 0 saturated carbocycles. The number of hydrogen-bond donors (Lipinski definition) is 0. The fraction of sp³-hybridized carbons (Fsp3) is 0.364. The van der Waals surface area contributed by atoms with Crippen molar-refractivity contribution in [3.05, 3.63) is 53.1 Å². The van der Waals surface area contributed by atoms with Crippen LogP contribution in [0.15, 0.2) is 47.5 Å². The largest absolute Gasteiger partial charge is 0.497 e. The highest BCUT2D eigenvalue weighted by molar-refractivity contribution is 5.77. The Morgan fingerprint density at radius 2 is 1.81 bits per heavy atom. The van der Waals surface area contributed by atoms with Crippen molar-refractivity contribution in [1.29, 1.82) is 0 Å². The lowest BCUT2D eigenvalue weighted by Gasteiger charge is -2.34. The Morgan fingerprint density at radius 3 is 2.52 bits per heavy atom. The highest BCUT2D eigenvalue weighted by Gasteiger charge is 2.22. The van der Waals surface area contributed by atoms with E-state index in [2.05, 4.69) is 5.10 Å². The molecule has 0 spiro atoms. The van der Waals surface area contributed by atoms with Gasteiger partial charge in [0.15, 0.2) is 0 Å². The number of rotatable bonds is 5. The molecule has 9 nitrogen and oxygen atoms in total. The van der Waals surface area contributed by atoms with Gasteiger partial charge in [-0.05, 0) is 18.2 Å². The topological polar surface area (TPSA) is 89.1 Å². The van der Waals surface area contributed by atoms with E-state index in [1.807, 2.05) is 24.3 Å². The van der Waals surface area contributed by atoms with Gasteiger partial charge in [-0.3, -0.25) is 14.4 Å². The van der Waals surface area contributed by atoms with Crippen molar-refractivity contribution in [3.63, 3.8) is 0 Å². The molecule has 1 saturated heterocycles. The van der Waals surface area contributed by atoms with Gasteiger partial charge in [-0.15, -0.1) is 0 Å². The van der Waals surface area contributed by atoms with Crippen LogP contribution in [0.1, 0.15) is 13.3 Å². The standard InChI is InChI=1S/C22H25N5O4/c1-16(28)24-8-10-25(11-9-24)21(29)6-7-26-12-13-27-20(22(26)30)15-19(23-27)17-4-3-5-18(14-17)31-2/h3-5,12-15H,6-11H2,1-2H3. The fourth-order valence-electron chi connectivity index (χ4n) is 3.77. The summed E-state index contributed by atoms with van der Waals surface area (Å²) >= 11 is 0. The van der Waals surface area contributed by atoms with Crippen LogP contribution < -0.4 is 10.3 Å². The molecule has 1 aliphatic heterocycles. The number of benzene rings is 1. The normalized spacial score (nSPS) is 14.1. The SMILES string of the molecule is COc1cccc(-c2cc3c(=O)n(CCC(=O)N4CCN(C(C)=O)CC4)ccn3n2)c1. The van der Waals surface area contributed by atoms with Gasteiger partial charge in [-0.2, -0.15) is 5.10 Å². The third-order valence-corrected chi connectivity index (χ3v) is 5.61. The number of aryl methyl sites for hydroxylation is 1. The van der Waals surface area contributed by atoms with Gasteiger partial charge >= 0.3 is 0 Å². The number of nitrogens with zero attached hydrogens (tertiary/aromatic N) is 5. The van der Waals surface area contributed by atoms with Crippen molar-refractivity contribution in [2.45, 2.75) is 19.9 Å². The summed E-state index contributed by atoms with van der Waals surface area (Å²) in [5.74, 6) is 0.733. The first-order valence-electron chi connectivity index (χ1n) is 10.2. The first kappa shape index (κ1) is 20.6. The molecule has 9 heteroatoms. The van der Waals surface area contributed by atoms with E-state index in [4.69, 9.17) is 4.74 Å². The Kier molecular flexibility index (Phi) is 5.75. The van der Waals surface area contributed by atoms with Crippen molar-refractivity contribution in [3.8, 4) is 17.0 Å². The second-order valence-electron chi connectivity index (χ2n) is 7.52. The smallest absolute Gasteiger partial charge is 0.276 e. The molecule has 0 aliphatic carbocycles. The number of methoxy groups -OCH3 is 1. The van der Waals surface area contributed by atoms with Crippen LogP contribution in [-0.2, 0) is 16.1 Å². The number of ether oxygens (including phenoxy) is 1. The van der Waals surface area contributed by atoms with Gasteiger partial charge in [-0.1, -0.05) is 12.1 Å². The van der Waals surface area contributed by atoms with E-state index >= 15 is 0 Å². The van der Waals surface area contributed by atoms with E-state index < -0.39 is 0 Å². The molecule has 1 aliphatic rings. The van der Waals surface area contributed by atoms with E-state index in [1.165, 1.54) is 11.5 Å². The second-order valence-corrected chi connectivity index (χ2v) is 7.52. The molecular formula is C22H25N5O4. The molecule has 162 valence electrons. The van der Waals surface area contributed by atoms with Crippen molar-refractivity contribution in [2.24, 2.45) is 0 Å². The summed E-state index contributed by atoms with van der Waals surface area (Å²) in [4.78, 5) is 40.4. The number of carbonyl (C=O) groups excluding carboxylic acids is 2. The molecule has 31 heavy (non-hydrogen) atoms. The molecule has 1 fully saturated rings. The summed E-state index contributed by atoms with van der Waals surface area (Å²) in [6.45, 7) is 3.99. The summed E-state index contributed by atoms with van der Waals surface area (Å²) in [5.41, 5.74) is 1.78. The summed E-state index contributed by atoms with van der Waals surface area (Å²) in [6, 6.07) is 9.25. The second kappa shape index (κ2) is 8.63. The molecule has 1 aromatic carbocycles. The molecule has 0 unspecified atom stereocenters. The van der Waals surface area contributed by atoms with Crippen molar-refractivity contribution < 1.29 is 14.3 Å². The van der Waals surface area contributed by atoms with Gasteiger partial charge in [0.05, 0.1) is 12.8 Å². The quantitative estimate of drug-likeness (QED) is 0.616. The van der Waals surface area contributed by atoms with E-state index in [1.54, 1.807) is 39.9 Å². The zero-order chi connectivity index (χ0) is 22.0. The van der Waals surface area contributed by atoms with Crippen LogP contribution in [0, 0.1) is 0 Å². The number of aromatic nitrogens is 3. The maximum absolute atomic E-state index is 12.9. The molecule has 0 bridgehead atoms. The van der Waals surface area contributed by atoms with Gasteiger partial charge in [0.25, 0.3) is 5.56 Å². The Hall–Kier alpha value is -3.62. The van der Waals surface area contributed by atoms with E-state index in [0.717, 1.165) is 11.3 Å². The summed E-state index contributed by atoms with van der Waals surface area (Å²) < 4.78 is 8.35. The molecular weight excluding hydrogens is 398 g/mol. The van der Waals surface area contributed by atoms with Gasteiger partial charge in [0.1, 0.15) is 11.3 Å². The molecule has 0 atom stereocenters. The molecule has 2 amide bonds. The Labute approximate surface area is 179 Å². The van der Waals surface area contributed by atoms with Crippen LogP contribution in [0.3, 0.4) is 0 Å². The van der Waals surface area contributed by atoms with Crippen molar-refractivity contribution in [2.75, 3.05) is 33.3 Å². The van der Waals surface area contributed by atoms with Crippen LogP contribution in [-0.4, -0.2) is 69.1 Å². The highest BCUT2D eigenvalue weighted by Crippen LogP contribution is 2.23. The average molecular weight is 423 g/mol. The highest BCUT2D eigenvalue weighted by atomic mass is 16.5. The van der Waals surface area contributed by atoms with Crippen LogP contribution in [0.4, 0.5) is 0 Å². The van der Waals surface area contributed by atoms with Gasteiger partial charge in [0, 0.05) is 64.0 Å². The number of hydrogen-bond acceptors (Lipinski definition) is 5. The first-order valence-corrected chi connectivity index (χ1v) is 10.2. The Morgan fingerprint density at radius 1 is 1.06 bits per heavy atom. The van der Waals surface area contributed by atoms with Crippen LogP contribution >= 0.6 is 0 Å². The van der Waals surface area contributed by atoms with E-state index in [0.29, 0.717) is 43.9 Å². The maximum atomic E-state index is 12.9. The summed E-state index contributed by atoms with van der Waals surface area (Å²) in [7, 11) is 1.60. The molecule has 4 rings (SSSR count). The number of carbonyl (C=O) groups is 2. The van der Waals surface area contributed by atoms with Crippen molar-refractivity contribution >= 4 is 17.3 Å². The number of amides is 2.